The molecule has 0 spiro atoms. The number of carbonyl (C=O) groups is 1. The number of phenols is 1. The summed E-state index contributed by atoms with van der Waals surface area (Å²) in [6.45, 7) is 1.15. The van der Waals surface area contributed by atoms with Gasteiger partial charge in [0, 0.05) is 18.7 Å². The number of hydrogen-bond donors (Lipinski definition) is 1. The fraction of sp³-hybridized carbons (Fsp3) is 0.278. The quantitative estimate of drug-likeness (QED) is 0.942. The van der Waals surface area contributed by atoms with Gasteiger partial charge in [0.15, 0.2) is 11.5 Å². The van der Waals surface area contributed by atoms with Gasteiger partial charge >= 0.3 is 0 Å². The SMILES string of the molecule is COc1cccc(CN2CCc3cc(O)c(OC)cc3C2=O)c1. The fourth-order valence-electron chi connectivity index (χ4n) is 2.85. The molecule has 5 nitrogen and oxygen atoms in total. The van der Waals surface area contributed by atoms with E-state index in [1.54, 1.807) is 24.1 Å². The first-order chi connectivity index (χ1) is 11.1. The molecular weight excluding hydrogens is 294 g/mol. The number of benzene rings is 2. The van der Waals surface area contributed by atoms with E-state index in [1.165, 1.54) is 7.11 Å². The summed E-state index contributed by atoms with van der Waals surface area (Å²) in [6.07, 6.45) is 0.711. The van der Waals surface area contributed by atoms with Gasteiger partial charge in [-0.25, -0.2) is 0 Å². The number of rotatable bonds is 4. The van der Waals surface area contributed by atoms with Crippen molar-refractivity contribution >= 4 is 5.91 Å². The number of phenolic OH excluding ortho intramolecular Hbond substituents is 1. The normalized spacial score (nSPS) is 13.7. The van der Waals surface area contributed by atoms with E-state index in [9.17, 15) is 9.90 Å². The maximum absolute atomic E-state index is 12.7. The lowest BCUT2D eigenvalue weighted by atomic mass is 9.97. The molecule has 1 heterocycles. The van der Waals surface area contributed by atoms with Gasteiger partial charge in [0.2, 0.25) is 0 Å². The average molecular weight is 313 g/mol. The largest absolute Gasteiger partial charge is 0.504 e. The third-order valence-electron chi connectivity index (χ3n) is 4.08. The minimum Gasteiger partial charge on any atom is -0.504 e. The molecule has 120 valence electrons. The summed E-state index contributed by atoms with van der Waals surface area (Å²) in [5.41, 5.74) is 2.47. The van der Waals surface area contributed by atoms with Crippen LogP contribution in [0.5, 0.6) is 17.2 Å². The number of fused-ring (bicyclic) bond motifs is 1. The molecule has 1 N–H and O–H groups in total. The van der Waals surface area contributed by atoms with Gasteiger partial charge in [-0.1, -0.05) is 12.1 Å². The number of nitrogens with zero attached hydrogens (tertiary/aromatic N) is 1. The van der Waals surface area contributed by atoms with E-state index in [2.05, 4.69) is 0 Å². The molecule has 0 saturated heterocycles. The predicted molar refractivity (Wildman–Crippen MR) is 86.1 cm³/mol. The fourth-order valence-corrected chi connectivity index (χ4v) is 2.85. The summed E-state index contributed by atoms with van der Waals surface area (Å²) in [4.78, 5) is 14.5. The van der Waals surface area contributed by atoms with Crippen LogP contribution in [0.3, 0.4) is 0 Å². The van der Waals surface area contributed by atoms with E-state index in [4.69, 9.17) is 9.47 Å². The zero-order chi connectivity index (χ0) is 16.4. The Morgan fingerprint density at radius 1 is 1.17 bits per heavy atom. The highest BCUT2D eigenvalue weighted by Gasteiger charge is 2.26. The Labute approximate surface area is 135 Å². The molecule has 1 aliphatic rings. The van der Waals surface area contributed by atoms with Crippen LogP contribution in [0, 0.1) is 0 Å². The highest BCUT2D eigenvalue weighted by Crippen LogP contribution is 2.32. The minimum atomic E-state index is -0.0487. The van der Waals surface area contributed by atoms with Crippen molar-refractivity contribution in [1.82, 2.24) is 4.90 Å². The Bertz CT molecular complexity index is 742. The molecule has 1 aliphatic heterocycles. The molecule has 3 rings (SSSR count). The molecule has 2 aromatic rings. The number of hydrogen-bond acceptors (Lipinski definition) is 4. The molecule has 0 unspecified atom stereocenters. The van der Waals surface area contributed by atoms with E-state index < -0.39 is 0 Å². The van der Waals surface area contributed by atoms with Crippen molar-refractivity contribution in [3.05, 3.63) is 53.1 Å². The van der Waals surface area contributed by atoms with E-state index in [0.29, 0.717) is 30.8 Å². The highest BCUT2D eigenvalue weighted by molar-refractivity contribution is 5.97. The maximum atomic E-state index is 12.7. The molecule has 0 fully saturated rings. The Morgan fingerprint density at radius 2 is 2.00 bits per heavy atom. The number of amides is 1. The van der Waals surface area contributed by atoms with Gasteiger partial charge in [-0.15, -0.1) is 0 Å². The van der Waals surface area contributed by atoms with E-state index >= 15 is 0 Å². The molecule has 0 aliphatic carbocycles. The maximum Gasteiger partial charge on any atom is 0.254 e. The van der Waals surface area contributed by atoms with Gasteiger partial charge in [0.25, 0.3) is 5.91 Å². The summed E-state index contributed by atoms with van der Waals surface area (Å²) < 4.78 is 10.3. The third-order valence-corrected chi connectivity index (χ3v) is 4.08. The van der Waals surface area contributed by atoms with Crippen molar-refractivity contribution in [2.45, 2.75) is 13.0 Å². The number of carbonyl (C=O) groups excluding carboxylic acids is 1. The van der Waals surface area contributed by atoms with Crippen molar-refractivity contribution in [3.8, 4) is 17.2 Å². The van der Waals surface area contributed by atoms with Crippen LogP contribution < -0.4 is 9.47 Å². The standard InChI is InChI=1S/C18H19NO4/c1-22-14-5-3-4-12(8-14)11-19-7-6-13-9-16(20)17(23-2)10-15(13)18(19)21/h3-5,8-10,20H,6-7,11H2,1-2H3. The Balaban J connectivity index is 1.85. The van der Waals surface area contributed by atoms with E-state index in [0.717, 1.165) is 16.9 Å². The molecule has 0 radical (unpaired) electrons. The van der Waals surface area contributed by atoms with Gasteiger partial charge in [-0.3, -0.25) is 4.79 Å². The predicted octanol–water partition coefficient (Wildman–Crippen LogP) is 2.61. The second-order valence-corrected chi connectivity index (χ2v) is 5.51. The first-order valence-corrected chi connectivity index (χ1v) is 7.44. The molecule has 0 atom stereocenters. The van der Waals surface area contributed by atoms with Crippen molar-refractivity contribution in [3.63, 3.8) is 0 Å². The summed E-state index contributed by atoms with van der Waals surface area (Å²) >= 11 is 0. The Kier molecular flexibility index (Phi) is 4.10. The van der Waals surface area contributed by atoms with Crippen LogP contribution >= 0.6 is 0 Å². The van der Waals surface area contributed by atoms with Crippen LogP contribution in [0.4, 0.5) is 0 Å². The van der Waals surface area contributed by atoms with Gasteiger partial charge in [0.1, 0.15) is 5.75 Å². The molecule has 1 amide bonds. The van der Waals surface area contributed by atoms with Crippen molar-refractivity contribution in [2.24, 2.45) is 0 Å². The van der Waals surface area contributed by atoms with Gasteiger partial charge in [-0.2, -0.15) is 0 Å². The van der Waals surface area contributed by atoms with Crippen molar-refractivity contribution in [1.29, 1.82) is 0 Å². The molecule has 23 heavy (non-hydrogen) atoms. The monoisotopic (exact) mass is 313 g/mol. The van der Waals surface area contributed by atoms with Crippen LogP contribution in [-0.4, -0.2) is 36.7 Å². The second-order valence-electron chi connectivity index (χ2n) is 5.51. The summed E-state index contributed by atoms with van der Waals surface area (Å²) in [5, 5.41) is 9.85. The lowest BCUT2D eigenvalue weighted by Gasteiger charge is -2.29. The van der Waals surface area contributed by atoms with Crippen molar-refractivity contribution < 1.29 is 19.4 Å². The van der Waals surface area contributed by atoms with Crippen LogP contribution in [0.25, 0.3) is 0 Å². The Hall–Kier alpha value is -2.69. The zero-order valence-electron chi connectivity index (χ0n) is 13.2. The number of ether oxygens (including phenoxy) is 2. The molecule has 0 saturated carbocycles. The van der Waals surface area contributed by atoms with E-state index in [-0.39, 0.29) is 11.7 Å². The van der Waals surface area contributed by atoms with Crippen LogP contribution in [-0.2, 0) is 13.0 Å². The van der Waals surface area contributed by atoms with Gasteiger partial charge < -0.3 is 19.5 Å². The summed E-state index contributed by atoms with van der Waals surface area (Å²) in [7, 11) is 3.10. The number of methoxy groups -OCH3 is 2. The molecule has 0 bridgehead atoms. The van der Waals surface area contributed by atoms with E-state index in [1.807, 2.05) is 24.3 Å². The zero-order valence-corrected chi connectivity index (χ0v) is 13.2. The van der Waals surface area contributed by atoms with Crippen molar-refractivity contribution in [2.75, 3.05) is 20.8 Å². The number of aromatic hydroxyl groups is 1. The van der Waals surface area contributed by atoms with Gasteiger partial charge in [0.05, 0.1) is 14.2 Å². The molecule has 2 aromatic carbocycles. The first kappa shape index (κ1) is 15.2. The summed E-state index contributed by atoms with van der Waals surface area (Å²) in [6, 6.07) is 10.9. The lowest BCUT2D eigenvalue weighted by molar-refractivity contribution is 0.0726. The Morgan fingerprint density at radius 3 is 2.74 bits per heavy atom. The van der Waals surface area contributed by atoms with Gasteiger partial charge in [-0.05, 0) is 41.8 Å². The minimum absolute atomic E-state index is 0.0487. The topological polar surface area (TPSA) is 59.0 Å². The van der Waals surface area contributed by atoms with Crippen LogP contribution in [0.15, 0.2) is 36.4 Å². The average Bonchev–Trinajstić information content (AvgIpc) is 2.57. The first-order valence-electron chi connectivity index (χ1n) is 7.44. The highest BCUT2D eigenvalue weighted by atomic mass is 16.5. The van der Waals surface area contributed by atoms with Crippen LogP contribution in [0.2, 0.25) is 0 Å². The third kappa shape index (κ3) is 2.95. The smallest absolute Gasteiger partial charge is 0.254 e. The lowest BCUT2D eigenvalue weighted by Crippen LogP contribution is -2.37. The molecule has 5 heteroatoms. The second kappa shape index (κ2) is 6.20. The van der Waals surface area contributed by atoms with Crippen LogP contribution in [0.1, 0.15) is 21.5 Å². The summed E-state index contributed by atoms with van der Waals surface area (Å²) in [5.74, 6) is 1.12. The molecule has 0 aromatic heterocycles. The molecular formula is C18H19NO4.